The van der Waals surface area contributed by atoms with Crippen molar-refractivity contribution in [2.75, 3.05) is 13.2 Å². The van der Waals surface area contributed by atoms with Gasteiger partial charge in [0.2, 0.25) is 0 Å². The van der Waals surface area contributed by atoms with Crippen LogP contribution < -0.4 is 0 Å². The lowest BCUT2D eigenvalue weighted by atomic mass is 10.1. The number of hydrogen-bond donors (Lipinski definition) is 0. The number of unbranched alkanes of at least 4 members (excludes halogenated alkanes) is 21. The number of esters is 3. The lowest BCUT2D eigenvalue weighted by Crippen LogP contribution is -2.30. The first-order valence-electron chi connectivity index (χ1n) is 30.7. The second kappa shape index (κ2) is 62.1. The van der Waals surface area contributed by atoms with Crippen LogP contribution >= 0.6 is 0 Å². The number of carbonyl (C=O) groups excluding carboxylic acids is 3. The molecule has 75 heavy (non-hydrogen) atoms. The molecule has 0 saturated heterocycles. The van der Waals surface area contributed by atoms with E-state index >= 15 is 0 Å². The van der Waals surface area contributed by atoms with Crippen molar-refractivity contribution in [2.24, 2.45) is 0 Å². The van der Waals surface area contributed by atoms with Crippen LogP contribution in [0.5, 0.6) is 0 Å². The van der Waals surface area contributed by atoms with Crippen LogP contribution in [0.1, 0.15) is 265 Å². The fourth-order valence-corrected chi connectivity index (χ4v) is 8.12. The fourth-order valence-electron chi connectivity index (χ4n) is 8.12. The van der Waals surface area contributed by atoms with Crippen LogP contribution in [0.4, 0.5) is 0 Å². The van der Waals surface area contributed by atoms with Gasteiger partial charge in [0.05, 0.1) is 0 Å². The van der Waals surface area contributed by atoms with Gasteiger partial charge in [-0.3, -0.25) is 14.4 Å². The van der Waals surface area contributed by atoms with Crippen molar-refractivity contribution >= 4 is 17.9 Å². The highest BCUT2D eigenvalue weighted by Crippen LogP contribution is 2.15. The van der Waals surface area contributed by atoms with Gasteiger partial charge >= 0.3 is 17.9 Å². The van der Waals surface area contributed by atoms with Gasteiger partial charge in [0, 0.05) is 19.3 Å². The molecule has 6 heteroatoms. The highest BCUT2D eigenvalue weighted by molar-refractivity contribution is 5.71. The summed E-state index contributed by atoms with van der Waals surface area (Å²) in [5.74, 6) is -0.918. The lowest BCUT2D eigenvalue weighted by molar-refractivity contribution is -0.167. The van der Waals surface area contributed by atoms with Gasteiger partial charge in [-0.25, -0.2) is 0 Å². The van der Waals surface area contributed by atoms with Gasteiger partial charge < -0.3 is 14.2 Å². The van der Waals surface area contributed by atoms with E-state index in [0.717, 1.165) is 154 Å². The molecule has 0 aliphatic carbocycles. The van der Waals surface area contributed by atoms with E-state index in [1.165, 1.54) is 70.6 Å². The Balaban J connectivity index is 4.11. The highest BCUT2D eigenvalue weighted by atomic mass is 16.6. The Kier molecular flexibility index (Phi) is 58.4. The molecular weight excluding hydrogens is 925 g/mol. The van der Waals surface area contributed by atoms with E-state index in [0.29, 0.717) is 19.3 Å². The van der Waals surface area contributed by atoms with Crippen LogP contribution in [-0.4, -0.2) is 37.2 Å². The molecule has 0 amide bonds. The van der Waals surface area contributed by atoms with E-state index in [4.69, 9.17) is 14.2 Å². The van der Waals surface area contributed by atoms with Crippen LogP contribution in [0.3, 0.4) is 0 Å². The molecule has 0 rings (SSSR count). The number of hydrogen-bond acceptors (Lipinski definition) is 6. The molecule has 0 aliphatic heterocycles. The van der Waals surface area contributed by atoms with E-state index in [1.807, 2.05) is 0 Å². The van der Waals surface area contributed by atoms with E-state index in [9.17, 15) is 14.4 Å². The van der Waals surface area contributed by atoms with Crippen LogP contribution in [0, 0.1) is 0 Å². The largest absolute Gasteiger partial charge is 0.462 e. The zero-order valence-corrected chi connectivity index (χ0v) is 48.5. The van der Waals surface area contributed by atoms with Gasteiger partial charge in [0.1, 0.15) is 13.2 Å². The predicted octanol–water partition coefficient (Wildman–Crippen LogP) is 21.0. The van der Waals surface area contributed by atoms with E-state index in [1.54, 1.807) is 0 Å². The summed E-state index contributed by atoms with van der Waals surface area (Å²) in [6, 6.07) is 0. The summed E-state index contributed by atoms with van der Waals surface area (Å²) in [5, 5.41) is 0. The summed E-state index contributed by atoms with van der Waals surface area (Å²) in [6.45, 7) is 6.35. The molecule has 0 fully saturated rings. The molecule has 0 aromatic heterocycles. The molecule has 0 saturated carbocycles. The van der Waals surface area contributed by atoms with Gasteiger partial charge in [0.15, 0.2) is 6.10 Å². The van der Waals surface area contributed by atoms with Crippen molar-refractivity contribution in [1.29, 1.82) is 0 Å². The van der Waals surface area contributed by atoms with Crippen LogP contribution in [0.15, 0.2) is 134 Å². The Bertz CT molecular complexity index is 1620. The maximum atomic E-state index is 12.8. The Labute approximate surface area is 462 Å². The number of carbonyl (C=O) groups is 3. The first-order valence-corrected chi connectivity index (χ1v) is 30.7. The number of ether oxygens (including phenoxy) is 3. The normalized spacial score (nSPS) is 13.1. The van der Waals surface area contributed by atoms with E-state index in [2.05, 4.69) is 154 Å². The first kappa shape index (κ1) is 70.5. The summed E-state index contributed by atoms with van der Waals surface area (Å²) in [7, 11) is 0. The standard InChI is InChI=1S/C69H112O6/c1-4-7-10-13-16-18-20-22-24-25-26-27-28-29-30-31-32-33-34-35-36-37-38-39-40-41-42-43-45-46-48-50-53-56-59-62-68(71)74-65-66(64-73-67(70)61-58-55-52-15-12-9-6-3)75-69(72)63-60-57-54-51-49-47-44-23-21-19-17-14-11-8-5-2/h7-8,10-11,16-19,22-24,26-27,29-30,32-33,35-36,38-39,44,66H,4-6,9,12-15,20-21,25,28,31,34,37,40-43,45-65H2,1-3H3/b10-7-,11-8-,18-16-,19-17-,24-22-,27-26-,30-29-,33-32-,36-35-,39-38-,44-23-. The summed E-state index contributed by atoms with van der Waals surface area (Å²) < 4.78 is 16.8. The van der Waals surface area contributed by atoms with Gasteiger partial charge in [0.25, 0.3) is 0 Å². The molecule has 0 aromatic carbocycles. The molecule has 0 N–H and O–H groups in total. The minimum atomic E-state index is -0.789. The fraction of sp³-hybridized carbons (Fsp3) is 0.638. The summed E-state index contributed by atoms with van der Waals surface area (Å²) in [6.07, 6.45) is 87.7. The van der Waals surface area contributed by atoms with Crippen molar-refractivity contribution in [3.05, 3.63) is 134 Å². The summed E-state index contributed by atoms with van der Waals surface area (Å²) >= 11 is 0. The average molecular weight is 1040 g/mol. The number of rotatable bonds is 54. The molecule has 0 bridgehead atoms. The zero-order chi connectivity index (χ0) is 54.3. The topological polar surface area (TPSA) is 78.9 Å². The van der Waals surface area contributed by atoms with E-state index < -0.39 is 6.10 Å². The third-order valence-electron chi connectivity index (χ3n) is 12.7. The van der Waals surface area contributed by atoms with Gasteiger partial charge in [-0.1, -0.05) is 264 Å². The maximum Gasteiger partial charge on any atom is 0.306 e. The van der Waals surface area contributed by atoms with Crippen LogP contribution in [0.25, 0.3) is 0 Å². The zero-order valence-electron chi connectivity index (χ0n) is 48.5. The number of allylic oxidation sites excluding steroid dienone is 22. The molecule has 0 radical (unpaired) electrons. The van der Waals surface area contributed by atoms with E-state index in [-0.39, 0.29) is 31.1 Å². The van der Waals surface area contributed by atoms with Gasteiger partial charge in [-0.2, -0.15) is 0 Å². The van der Waals surface area contributed by atoms with Crippen LogP contribution in [0.2, 0.25) is 0 Å². The average Bonchev–Trinajstić information content (AvgIpc) is 3.41. The minimum Gasteiger partial charge on any atom is -0.462 e. The molecule has 1 unspecified atom stereocenters. The Morgan fingerprint density at radius 1 is 0.280 bits per heavy atom. The third kappa shape index (κ3) is 60.3. The first-order chi connectivity index (χ1) is 37.0. The van der Waals surface area contributed by atoms with Crippen molar-refractivity contribution in [3.8, 4) is 0 Å². The summed E-state index contributed by atoms with van der Waals surface area (Å²) in [4.78, 5) is 38.0. The monoisotopic (exact) mass is 1040 g/mol. The maximum absolute atomic E-state index is 12.8. The SMILES string of the molecule is CC/C=C\C/C=C\C/C=C\C/C=C\C/C=C\C/C=C\C/C=C\C/C=C\CCCCCCCCCCCCC(=O)OCC(COC(=O)CCCCCCCCC)OC(=O)CCCCCCC/C=C\C/C=C\C/C=C\CC. The molecular formula is C69H112O6. The molecule has 0 aromatic rings. The van der Waals surface area contributed by atoms with Crippen molar-refractivity contribution in [3.63, 3.8) is 0 Å². The Morgan fingerprint density at radius 3 is 0.813 bits per heavy atom. The molecule has 1 atom stereocenters. The second-order valence-corrected chi connectivity index (χ2v) is 19.9. The molecule has 424 valence electrons. The highest BCUT2D eigenvalue weighted by Gasteiger charge is 2.19. The molecule has 0 spiro atoms. The van der Waals surface area contributed by atoms with Gasteiger partial charge in [-0.15, -0.1) is 0 Å². The lowest BCUT2D eigenvalue weighted by Gasteiger charge is -2.18. The second-order valence-electron chi connectivity index (χ2n) is 19.9. The molecule has 0 heterocycles. The minimum absolute atomic E-state index is 0.0876. The van der Waals surface area contributed by atoms with Crippen molar-refractivity contribution < 1.29 is 28.6 Å². The molecule has 0 aliphatic rings. The predicted molar refractivity (Wildman–Crippen MR) is 325 cm³/mol. The van der Waals surface area contributed by atoms with Crippen LogP contribution in [-0.2, 0) is 28.6 Å². The summed E-state index contributed by atoms with van der Waals surface area (Å²) in [5.41, 5.74) is 0. The quantitative estimate of drug-likeness (QED) is 0.0261. The van der Waals surface area contributed by atoms with Gasteiger partial charge in [-0.05, 0) is 116 Å². The van der Waals surface area contributed by atoms with Crippen molar-refractivity contribution in [2.45, 2.75) is 271 Å². The molecule has 6 nitrogen and oxygen atoms in total. The smallest absolute Gasteiger partial charge is 0.306 e. The third-order valence-corrected chi connectivity index (χ3v) is 12.7. The Hall–Kier alpha value is -4.45. The van der Waals surface area contributed by atoms with Crippen molar-refractivity contribution in [1.82, 2.24) is 0 Å². The Morgan fingerprint density at radius 2 is 0.520 bits per heavy atom.